The maximum Gasteiger partial charge on any atom is 0.234 e. The van der Waals surface area contributed by atoms with Crippen molar-refractivity contribution >= 4 is 0 Å². The number of fused-ring (bicyclic) bond motifs is 7. The zero-order valence-electron chi connectivity index (χ0n) is 18.8. The minimum Gasteiger partial charge on any atom is -0.497 e. The summed E-state index contributed by atoms with van der Waals surface area (Å²) in [5.41, 5.74) is 3.86. The molecule has 5 heterocycles. The molecule has 0 amide bonds. The maximum absolute atomic E-state index is 14.2. The van der Waals surface area contributed by atoms with Gasteiger partial charge < -0.3 is 18.6 Å². The highest BCUT2D eigenvalue weighted by atomic mass is 19.1. The van der Waals surface area contributed by atoms with E-state index in [1.54, 1.807) is 19.5 Å². The molecular weight excluding hydrogens is 453 g/mol. The van der Waals surface area contributed by atoms with E-state index in [9.17, 15) is 4.39 Å². The van der Waals surface area contributed by atoms with Crippen molar-refractivity contribution in [1.29, 1.82) is 0 Å². The Kier molecular flexibility index (Phi) is 4.11. The third-order valence-electron chi connectivity index (χ3n) is 6.53. The van der Waals surface area contributed by atoms with Crippen LogP contribution in [0.1, 0.15) is 35.8 Å². The Hall–Kier alpha value is -4.54. The largest absolute Gasteiger partial charge is 0.497 e. The molecule has 174 valence electrons. The molecule has 3 aromatic heterocycles. The van der Waals surface area contributed by atoms with E-state index in [1.165, 1.54) is 12.1 Å². The second-order valence-corrected chi connectivity index (χ2v) is 8.47. The fraction of sp³-hybridized carbons (Fsp3) is 0.208. The molecule has 1 atom stereocenters. The summed E-state index contributed by atoms with van der Waals surface area (Å²) in [7, 11) is 1.62. The van der Waals surface area contributed by atoms with Gasteiger partial charge in [-0.05, 0) is 31.2 Å². The summed E-state index contributed by atoms with van der Waals surface area (Å²) in [6.07, 6.45) is 1.75. The van der Waals surface area contributed by atoms with Crippen molar-refractivity contribution in [1.82, 2.24) is 34.5 Å². The van der Waals surface area contributed by atoms with Gasteiger partial charge in [0.25, 0.3) is 0 Å². The van der Waals surface area contributed by atoms with Crippen molar-refractivity contribution in [2.24, 2.45) is 0 Å². The molecule has 10 nitrogen and oxygen atoms in total. The van der Waals surface area contributed by atoms with Crippen LogP contribution in [0.3, 0.4) is 0 Å². The van der Waals surface area contributed by atoms with Crippen LogP contribution in [0.4, 0.5) is 4.39 Å². The van der Waals surface area contributed by atoms with E-state index >= 15 is 0 Å². The Bertz CT molecular complexity index is 1620. The molecule has 5 aromatic rings. The van der Waals surface area contributed by atoms with Crippen LogP contribution in [0.5, 0.6) is 11.5 Å². The summed E-state index contributed by atoms with van der Waals surface area (Å²) >= 11 is 0. The number of halogens is 1. The smallest absolute Gasteiger partial charge is 0.234 e. The second-order valence-electron chi connectivity index (χ2n) is 8.47. The topological polar surface area (TPSA) is 106 Å². The lowest BCUT2D eigenvalue weighted by molar-refractivity contribution is 0.282. The van der Waals surface area contributed by atoms with Crippen LogP contribution in [0.2, 0.25) is 0 Å². The van der Waals surface area contributed by atoms with Gasteiger partial charge in [0.1, 0.15) is 35.9 Å². The number of ether oxygens (including phenoxy) is 2. The molecule has 0 radical (unpaired) electrons. The molecule has 7 rings (SSSR count). The van der Waals surface area contributed by atoms with Crippen molar-refractivity contribution in [2.75, 3.05) is 7.11 Å². The molecule has 1 unspecified atom stereocenters. The Labute approximate surface area is 198 Å². The van der Waals surface area contributed by atoms with Crippen LogP contribution >= 0.6 is 0 Å². The van der Waals surface area contributed by atoms with Crippen molar-refractivity contribution in [2.45, 2.75) is 26.0 Å². The summed E-state index contributed by atoms with van der Waals surface area (Å²) in [4.78, 5) is 9.29. The van der Waals surface area contributed by atoms with Gasteiger partial charge in [-0.25, -0.2) is 9.37 Å². The molecule has 2 aromatic carbocycles. The van der Waals surface area contributed by atoms with Gasteiger partial charge in [0.2, 0.25) is 11.7 Å². The number of aromatic nitrogens is 7. The first kappa shape index (κ1) is 19.9. The highest BCUT2D eigenvalue weighted by molar-refractivity contribution is 5.72. The van der Waals surface area contributed by atoms with Gasteiger partial charge in [0.05, 0.1) is 31.0 Å². The lowest BCUT2D eigenvalue weighted by Crippen LogP contribution is -2.11. The van der Waals surface area contributed by atoms with E-state index in [0.29, 0.717) is 47.1 Å². The third kappa shape index (κ3) is 2.90. The van der Waals surface area contributed by atoms with Crippen LogP contribution in [0.25, 0.3) is 28.6 Å². The van der Waals surface area contributed by atoms with Gasteiger partial charge in [-0.15, -0.1) is 10.2 Å². The molecular formula is C24H18FN7O3. The second kappa shape index (κ2) is 7.23. The molecule has 0 fully saturated rings. The third-order valence-corrected chi connectivity index (χ3v) is 6.53. The minimum atomic E-state index is -0.404. The zero-order valence-corrected chi connectivity index (χ0v) is 18.8. The molecule has 4 bridgehead atoms. The van der Waals surface area contributed by atoms with Gasteiger partial charge >= 0.3 is 0 Å². The van der Waals surface area contributed by atoms with Gasteiger partial charge in [0.15, 0.2) is 11.6 Å². The number of hydrogen-bond donors (Lipinski definition) is 0. The van der Waals surface area contributed by atoms with Crippen molar-refractivity contribution in [3.8, 4) is 40.1 Å². The van der Waals surface area contributed by atoms with E-state index < -0.39 is 5.82 Å². The minimum absolute atomic E-state index is 0.0905. The van der Waals surface area contributed by atoms with Gasteiger partial charge in [0, 0.05) is 17.2 Å². The van der Waals surface area contributed by atoms with Crippen LogP contribution in [0, 0.1) is 5.82 Å². The molecule has 0 spiro atoms. The average molecular weight is 471 g/mol. The summed E-state index contributed by atoms with van der Waals surface area (Å²) in [5, 5.41) is 13.1. The van der Waals surface area contributed by atoms with Crippen molar-refractivity contribution in [3.05, 3.63) is 71.5 Å². The van der Waals surface area contributed by atoms with E-state index in [2.05, 4.69) is 25.3 Å². The summed E-state index contributed by atoms with van der Waals surface area (Å²) in [5.74, 6) is 2.34. The molecule has 0 saturated heterocycles. The van der Waals surface area contributed by atoms with Crippen molar-refractivity contribution in [3.63, 3.8) is 0 Å². The Morgan fingerprint density at radius 1 is 1.14 bits per heavy atom. The van der Waals surface area contributed by atoms with Crippen LogP contribution < -0.4 is 9.47 Å². The Morgan fingerprint density at radius 2 is 2.06 bits per heavy atom. The number of rotatable bonds is 1. The summed E-state index contributed by atoms with van der Waals surface area (Å²) in [6.45, 7) is 2.39. The number of hydrogen-bond acceptors (Lipinski definition) is 8. The standard InChI is InChI=1S/C24H18FN7O3/c1-12-15-5-3-13(25)7-19(15)34-10-20-28-29-23-16-8-14(33-2)4-6-17(16)32-11-26-21(18(32)9-31(20)23)22-27-24(12)35-30-22/h3-8,11-12H,9-10H2,1-2H3. The zero-order chi connectivity index (χ0) is 23.7. The van der Waals surface area contributed by atoms with Gasteiger partial charge in [-0.3, -0.25) is 4.57 Å². The highest BCUT2D eigenvalue weighted by Gasteiger charge is 2.30. The fourth-order valence-corrected chi connectivity index (χ4v) is 4.68. The number of nitrogens with zero attached hydrogens (tertiary/aromatic N) is 7. The highest BCUT2D eigenvalue weighted by Crippen LogP contribution is 2.38. The molecule has 35 heavy (non-hydrogen) atoms. The first-order chi connectivity index (χ1) is 17.1. The SMILES string of the molecule is COc1ccc2c(c1)-c1nnc3n1Cc1c(ncn1-2)-c1noc(n1)C(C)c1ccc(F)cc1OC3. The van der Waals surface area contributed by atoms with Gasteiger partial charge in [-0.2, -0.15) is 4.98 Å². The molecule has 11 heteroatoms. The Morgan fingerprint density at radius 3 is 2.94 bits per heavy atom. The summed E-state index contributed by atoms with van der Waals surface area (Å²) in [6, 6.07) is 10.2. The van der Waals surface area contributed by atoms with Crippen LogP contribution in [-0.4, -0.2) is 41.6 Å². The monoisotopic (exact) mass is 471 g/mol. The van der Waals surface area contributed by atoms with Crippen molar-refractivity contribution < 1.29 is 18.4 Å². The van der Waals surface area contributed by atoms with Crippen LogP contribution in [0.15, 0.2) is 47.2 Å². The number of benzene rings is 2. The average Bonchev–Trinajstić information content (AvgIpc) is 3.59. The van der Waals surface area contributed by atoms with E-state index in [1.807, 2.05) is 34.3 Å². The predicted molar refractivity (Wildman–Crippen MR) is 120 cm³/mol. The van der Waals surface area contributed by atoms with E-state index in [0.717, 1.165) is 22.5 Å². The molecule has 0 saturated carbocycles. The lowest BCUT2D eigenvalue weighted by atomic mass is 10.00. The molecule has 0 aliphatic carbocycles. The molecule has 0 N–H and O–H groups in total. The van der Waals surface area contributed by atoms with E-state index in [4.69, 9.17) is 14.0 Å². The first-order valence-electron chi connectivity index (χ1n) is 11.0. The number of imidazole rings is 1. The van der Waals surface area contributed by atoms with E-state index in [-0.39, 0.29) is 12.5 Å². The molecule has 2 aliphatic rings. The fourth-order valence-electron chi connectivity index (χ4n) is 4.68. The quantitative estimate of drug-likeness (QED) is 0.357. The van der Waals surface area contributed by atoms with Crippen LogP contribution in [-0.2, 0) is 13.2 Å². The Balaban J connectivity index is 1.51. The lowest BCUT2D eigenvalue weighted by Gasteiger charge is -2.15. The van der Waals surface area contributed by atoms with Gasteiger partial charge in [-0.1, -0.05) is 11.2 Å². The maximum atomic E-state index is 14.2. The number of methoxy groups -OCH3 is 1. The first-order valence-corrected chi connectivity index (χ1v) is 11.0. The summed E-state index contributed by atoms with van der Waals surface area (Å²) < 4.78 is 35.3. The molecule has 2 aliphatic heterocycles. The normalized spacial score (nSPS) is 15.6. The predicted octanol–water partition coefficient (Wildman–Crippen LogP) is 3.73.